The standard InChI is InChI=1S/C17H17N2PS/c1-18-13-16(19(2)17(18)21)20(14-9-5-3-6-10-14)15-11-7-4-8-12-15/h3-13H,1-2H3. The number of hydrogen-bond acceptors (Lipinski definition) is 1. The molecule has 106 valence electrons. The van der Waals surface area contributed by atoms with Crippen molar-refractivity contribution in [2.75, 3.05) is 0 Å². The predicted molar refractivity (Wildman–Crippen MR) is 93.9 cm³/mol. The maximum Gasteiger partial charge on any atom is 0.179 e. The molecular weight excluding hydrogens is 295 g/mol. The first-order valence-corrected chi connectivity index (χ1v) is 8.56. The van der Waals surface area contributed by atoms with Gasteiger partial charge >= 0.3 is 0 Å². The molecule has 4 heteroatoms. The van der Waals surface area contributed by atoms with Crippen LogP contribution in [0.5, 0.6) is 0 Å². The molecule has 0 N–H and O–H groups in total. The van der Waals surface area contributed by atoms with Crippen LogP contribution in [-0.4, -0.2) is 9.13 Å². The Bertz CT molecular complexity index is 751. The Hall–Kier alpha value is -1.70. The average molecular weight is 312 g/mol. The van der Waals surface area contributed by atoms with Gasteiger partial charge in [0.2, 0.25) is 0 Å². The van der Waals surface area contributed by atoms with Crippen molar-refractivity contribution < 1.29 is 0 Å². The Morgan fingerprint density at radius 1 is 0.810 bits per heavy atom. The second-order valence-corrected chi connectivity index (χ2v) is 7.47. The summed E-state index contributed by atoms with van der Waals surface area (Å²) in [6.45, 7) is 0. The molecule has 2 aromatic carbocycles. The quantitative estimate of drug-likeness (QED) is 0.534. The number of rotatable bonds is 3. The van der Waals surface area contributed by atoms with Crippen LogP contribution < -0.4 is 16.0 Å². The lowest BCUT2D eigenvalue weighted by Gasteiger charge is -2.18. The van der Waals surface area contributed by atoms with Crippen molar-refractivity contribution in [3.8, 4) is 0 Å². The van der Waals surface area contributed by atoms with E-state index in [2.05, 4.69) is 78.5 Å². The fourth-order valence-corrected chi connectivity index (χ4v) is 5.09. The second kappa shape index (κ2) is 5.97. The molecule has 0 saturated heterocycles. The molecule has 0 radical (unpaired) electrons. The zero-order valence-electron chi connectivity index (χ0n) is 12.1. The molecule has 21 heavy (non-hydrogen) atoms. The first kappa shape index (κ1) is 14.2. The zero-order valence-corrected chi connectivity index (χ0v) is 13.8. The minimum atomic E-state index is -0.587. The molecule has 0 bridgehead atoms. The smallest absolute Gasteiger partial charge is 0.179 e. The molecule has 1 heterocycles. The predicted octanol–water partition coefficient (Wildman–Crippen LogP) is 2.85. The molecule has 0 aliphatic carbocycles. The number of hydrogen-bond donors (Lipinski definition) is 0. The largest absolute Gasteiger partial charge is 0.326 e. The Labute approximate surface area is 131 Å². The summed E-state index contributed by atoms with van der Waals surface area (Å²) in [5.74, 6) is 0. The summed E-state index contributed by atoms with van der Waals surface area (Å²) in [5, 5.41) is 2.69. The highest BCUT2D eigenvalue weighted by molar-refractivity contribution is 7.79. The summed E-state index contributed by atoms with van der Waals surface area (Å²) in [5.41, 5.74) is 1.27. The molecule has 1 aromatic heterocycles. The summed E-state index contributed by atoms with van der Waals surface area (Å²) in [4.78, 5) is 0. The molecule has 0 fully saturated rings. The lowest BCUT2D eigenvalue weighted by atomic mass is 10.4. The van der Waals surface area contributed by atoms with Crippen LogP contribution in [0.4, 0.5) is 0 Å². The molecule has 0 unspecified atom stereocenters. The SMILES string of the molecule is Cn1cc(P(c2ccccc2)c2ccccc2)n(C)c1=S. The third-order valence-corrected chi connectivity index (χ3v) is 6.56. The highest BCUT2D eigenvalue weighted by Gasteiger charge is 2.20. The van der Waals surface area contributed by atoms with Crippen LogP contribution in [0.15, 0.2) is 66.9 Å². The van der Waals surface area contributed by atoms with Gasteiger partial charge in [-0.05, 0) is 22.8 Å². The first-order valence-electron chi connectivity index (χ1n) is 6.81. The van der Waals surface area contributed by atoms with Gasteiger partial charge in [-0.2, -0.15) is 0 Å². The van der Waals surface area contributed by atoms with E-state index in [1.54, 1.807) is 0 Å². The fraction of sp³-hybridized carbons (Fsp3) is 0.118. The fourth-order valence-electron chi connectivity index (χ4n) is 2.43. The van der Waals surface area contributed by atoms with E-state index in [0.29, 0.717) is 0 Å². The lowest BCUT2D eigenvalue weighted by Crippen LogP contribution is -2.24. The minimum absolute atomic E-state index is 0.587. The monoisotopic (exact) mass is 312 g/mol. The van der Waals surface area contributed by atoms with Gasteiger partial charge in [0.25, 0.3) is 0 Å². The van der Waals surface area contributed by atoms with Gasteiger partial charge in [0.15, 0.2) is 4.77 Å². The van der Waals surface area contributed by atoms with E-state index in [9.17, 15) is 0 Å². The normalized spacial score (nSPS) is 11.0. The summed E-state index contributed by atoms with van der Waals surface area (Å²) >= 11 is 5.47. The maximum atomic E-state index is 5.47. The van der Waals surface area contributed by atoms with Crippen molar-refractivity contribution in [2.45, 2.75) is 0 Å². The van der Waals surface area contributed by atoms with E-state index in [0.717, 1.165) is 4.77 Å². The average Bonchev–Trinajstić information content (AvgIpc) is 2.78. The molecule has 0 atom stereocenters. The van der Waals surface area contributed by atoms with Gasteiger partial charge < -0.3 is 9.13 Å². The first-order chi connectivity index (χ1) is 10.2. The van der Waals surface area contributed by atoms with Gasteiger partial charge in [0, 0.05) is 28.2 Å². The van der Waals surface area contributed by atoms with Crippen molar-refractivity contribution in [3.63, 3.8) is 0 Å². The number of aromatic nitrogens is 2. The number of imidazole rings is 1. The zero-order chi connectivity index (χ0) is 14.8. The van der Waals surface area contributed by atoms with Crippen LogP contribution in [-0.2, 0) is 14.1 Å². The van der Waals surface area contributed by atoms with E-state index in [1.807, 2.05) is 11.6 Å². The van der Waals surface area contributed by atoms with Gasteiger partial charge in [-0.15, -0.1) is 0 Å². The topological polar surface area (TPSA) is 9.86 Å². The third kappa shape index (κ3) is 2.72. The van der Waals surface area contributed by atoms with Crippen molar-refractivity contribution in [3.05, 3.63) is 71.6 Å². The Morgan fingerprint density at radius 2 is 1.29 bits per heavy atom. The highest BCUT2D eigenvalue weighted by atomic mass is 32.1. The summed E-state index contributed by atoms with van der Waals surface area (Å²) in [6.07, 6.45) is 2.16. The number of aryl methyl sites for hydroxylation is 1. The molecule has 0 amide bonds. The Morgan fingerprint density at radius 3 is 1.67 bits per heavy atom. The van der Waals surface area contributed by atoms with E-state index in [-0.39, 0.29) is 0 Å². The van der Waals surface area contributed by atoms with Gasteiger partial charge in [0.05, 0.1) is 5.44 Å². The van der Waals surface area contributed by atoms with E-state index >= 15 is 0 Å². The van der Waals surface area contributed by atoms with Gasteiger partial charge in [-0.1, -0.05) is 60.7 Å². The van der Waals surface area contributed by atoms with Crippen LogP contribution in [0.1, 0.15) is 0 Å². The molecule has 0 spiro atoms. The van der Waals surface area contributed by atoms with Crippen molar-refractivity contribution >= 4 is 36.2 Å². The van der Waals surface area contributed by atoms with Gasteiger partial charge in [-0.25, -0.2) is 0 Å². The lowest BCUT2D eigenvalue weighted by molar-refractivity contribution is 0.820. The minimum Gasteiger partial charge on any atom is -0.326 e. The van der Waals surface area contributed by atoms with Crippen molar-refractivity contribution in [1.82, 2.24) is 9.13 Å². The number of nitrogens with zero attached hydrogens (tertiary/aromatic N) is 2. The molecular formula is C17H17N2PS. The van der Waals surface area contributed by atoms with Gasteiger partial charge in [0.1, 0.15) is 0 Å². The van der Waals surface area contributed by atoms with Crippen molar-refractivity contribution in [2.24, 2.45) is 14.1 Å². The Kier molecular flexibility index (Phi) is 4.05. The highest BCUT2D eigenvalue weighted by Crippen LogP contribution is 2.32. The molecule has 2 nitrogen and oxygen atoms in total. The Balaban J connectivity index is 2.22. The van der Waals surface area contributed by atoms with Gasteiger partial charge in [-0.3, -0.25) is 0 Å². The molecule has 0 saturated carbocycles. The van der Waals surface area contributed by atoms with E-state index < -0.39 is 7.92 Å². The third-order valence-electron chi connectivity index (χ3n) is 3.50. The molecule has 0 aliphatic heterocycles. The van der Waals surface area contributed by atoms with Crippen LogP contribution in [0, 0.1) is 4.77 Å². The van der Waals surface area contributed by atoms with E-state index in [1.165, 1.54) is 16.0 Å². The summed E-state index contributed by atoms with van der Waals surface area (Å²) in [7, 11) is 3.48. The van der Waals surface area contributed by atoms with Crippen LogP contribution in [0.2, 0.25) is 0 Å². The molecule has 3 rings (SSSR count). The number of benzene rings is 2. The van der Waals surface area contributed by atoms with E-state index in [4.69, 9.17) is 12.2 Å². The van der Waals surface area contributed by atoms with Crippen molar-refractivity contribution in [1.29, 1.82) is 0 Å². The molecule has 3 aromatic rings. The summed E-state index contributed by atoms with van der Waals surface area (Å²) in [6, 6.07) is 21.3. The van der Waals surface area contributed by atoms with Crippen LogP contribution in [0.25, 0.3) is 0 Å². The van der Waals surface area contributed by atoms with Crippen LogP contribution in [0.3, 0.4) is 0 Å². The van der Waals surface area contributed by atoms with Crippen LogP contribution >= 0.6 is 20.1 Å². The molecule has 0 aliphatic rings. The maximum absolute atomic E-state index is 5.47. The summed E-state index contributed by atoms with van der Waals surface area (Å²) < 4.78 is 5.00. The second-order valence-electron chi connectivity index (χ2n) is 4.95.